The van der Waals surface area contributed by atoms with Crippen molar-refractivity contribution in [1.29, 1.82) is 0 Å². The first-order valence-electron chi connectivity index (χ1n) is 4.65. The number of hydrogen-bond donors (Lipinski definition) is 0. The Morgan fingerprint density at radius 1 is 0.846 bits per heavy atom. The Hall–Kier alpha value is -1.30. The van der Waals surface area contributed by atoms with Gasteiger partial charge in [-0.1, -0.05) is 35.9 Å². The summed E-state index contributed by atoms with van der Waals surface area (Å²) < 4.78 is 0. The fraction of sp³-hybridized carbons (Fsp3) is 0.231. The van der Waals surface area contributed by atoms with E-state index in [1.807, 2.05) is 0 Å². The molecule has 2 aromatic rings. The van der Waals surface area contributed by atoms with Crippen LogP contribution in [0.25, 0.3) is 10.8 Å². The summed E-state index contributed by atoms with van der Waals surface area (Å²) in [5, 5.41) is 2.73. The molecule has 2 rings (SSSR count). The summed E-state index contributed by atoms with van der Waals surface area (Å²) in [5.41, 5.74) is 4.11. The van der Waals surface area contributed by atoms with Gasteiger partial charge in [0.1, 0.15) is 0 Å². The van der Waals surface area contributed by atoms with Crippen molar-refractivity contribution in [2.75, 3.05) is 0 Å². The highest BCUT2D eigenvalue weighted by Gasteiger charge is 1.99. The van der Waals surface area contributed by atoms with Crippen LogP contribution in [0.3, 0.4) is 0 Å². The molecule has 0 N–H and O–H groups in total. The first-order valence-corrected chi connectivity index (χ1v) is 4.65. The highest BCUT2D eigenvalue weighted by atomic mass is 14.0. The van der Waals surface area contributed by atoms with Crippen LogP contribution in [0.1, 0.15) is 16.7 Å². The summed E-state index contributed by atoms with van der Waals surface area (Å²) in [7, 11) is 0. The molecule has 0 saturated heterocycles. The van der Waals surface area contributed by atoms with Crippen LogP contribution >= 0.6 is 0 Å². The Morgan fingerprint density at radius 3 is 2.31 bits per heavy atom. The molecule has 66 valence electrons. The largest absolute Gasteiger partial charge is 0.0587 e. The van der Waals surface area contributed by atoms with E-state index in [9.17, 15) is 0 Å². The minimum absolute atomic E-state index is 1.33. The van der Waals surface area contributed by atoms with Crippen molar-refractivity contribution < 1.29 is 0 Å². The zero-order chi connectivity index (χ0) is 9.42. The van der Waals surface area contributed by atoms with E-state index in [4.69, 9.17) is 0 Å². The number of benzene rings is 2. The minimum atomic E-state index is 1.33. The van der Waals surface area contributed by atoms with Gasteiger partial charge in [0.15, 0.2) is 0 Å². The molecule has 0 nitrogen and oxygen atoms in total. The molecule has 0 aliphatic carbocycles. The average Bonchev–Trinajstić information content (AvgIpc) is 2.12. The lowest BCUT2D eigenvalue weighted by atomic mass is 9.99. The van der Waals surface area contributed by atoms with Crippen molar-refractivity contribution in [2.45, 2.75) is 20.8 Å². The van der Waals surface area contributed by atoms with Gasteiger partial charge in [0.05, 0.1) is 0 Å². The molecule has 0 heteroatoms. The zero-order valence-corrected chi connectivity index (χ0v) is 8.39. The summed E-state index contributed by atoms with van der Waals surface area (Å²) in [5.74, 6) is 0. The summed E-state index contributed by atoms with van der Waals surface area (Å²) >= 11 is 0. The van der Waals surface area contributed by atoms with Gasteiger partial charge < -0.3 is 0 Å². The Bertz CT molecular complexity index is 448. The van der Waals surface area contributed by atoms with E-state index >= 15 is 0 Å². The number of hydrogen-bond acceptors (Lipinski definition) is 0. The summed E-state index contributed by atoms with van der Waals surface area (Å²) in [6, 6.07) is 11.0. The van der Waals surface area contributed by atoms with Crippen LogP contribution in [0.15, 0.2) is 30.3 Å². The molecule has 0 spiro atoms. The highest BCUT2D eigenvalue weighted by molar-refractivity contribution is 5.87. The monoisotopic (exact) mass is 170 g/mol. The van der Waals surface area contributed by atoms with Crippen LogP contribution in [0.2, 0.25) is 0 Å². The first kappa shape index (κ1) is 8.31. The van der Waals surface area contributed by atoms with Gasteiger partial charge >= 0.3 is 0 Å². The van der Waals surface area contributed by atoms with Crippen LogP contribution < -0.4 is 0 Å². The lowest BCUT2D eigenvalue weighted by Crippen LogP contribution is -1.84. The van der Waals surface area contributed by atoms with Crippen LogP contribution in [-0.4, -0.2) is 0 Å². The average molecular weight is 170 g/mol. The third kappa shape index (κ3) is 1.33. The van der Waals surface area contributed by atoms with Gasteiger partial charge in [-0.3, -0.25) is 0 Å². The van der Waals surface area contributed by atoms with E-state index in [2.05, 4.69) is 51.1 Å². The smallest absolute Gasteiger partial charge is 0.0149 e. The zero-order valence-electron chi connectivity index (χ0n) is 8.39. The Labute approximate surface area is 79.2 Å². The number of fused-ring (bicyclic) bond motifs is 1. The van der Waals surface area contributed by atoms with E-state index in [0.717, 1.165) is 0 Å². The van der Waals surface area contributed by atoms with Gasteiger partial charge in [0.2, 0.25) is 0 Å². The lowest BCUT2D eigenvalue weighted by Gasteiger charge is -2.06. The fourth-order valence-corrected chi connectivity index (χ4v) is 1.69. The maximum atomic E-state index is 2.26. The van der Waals surface area contributed by atoms with Gasteiger partial charge in [-0.05, 0) is 42.7 Å². The van der Waals surface area contributed by atoms with Gasteiger partial charge in [-0.25, -0.2) is 0 Å². The number of rotatable bonds is 0. The van der Waals surface area contributed by atoms with Crippen molar-refractivity contribution in [3.05, 3.63) is 47.0 Å². The number of aryl methyl sites for hydroxylation is 3. The molecule has 0 radical (unpaired) electrons. The Balaban J connectivity index is 2.89. The quantitative estimate of drug-likeness (QED) is 0.564. The van der Waals surface area contributed by atoms with E-state index in [1.165, 1.54) is 27.5 Å². The molecule has 2 aromatic carbocycles. The molecule has 0 fully saturated rings. The molecule has 0 aliphatic heterocycles. The van der Waals surface area contributed by atoms with E-state index in [-0.39, 0.29) is 0 Å². The van der Waals surface area contributed by atoms with Crippen LogP contribution in [-0.2, 0) is 0 Å². The minimum Gasteiger partial charge on any atom is -0.0587 e. The normalized spacial score (nSPS) is 10.7. The van der Waals surface area contributed by atoms with Crippen LogP contribution in [0.4, 0.5) is 0 Å². The maximum Gasteiger partial charge on any atom is -0.0149 e. The van der Waals surface area contributed by atoms with Crippen LogP contribution in [0.5, 0.6) is 0 Å². The molecular formula is C13H14. The topological polar surface area (TPSA) is 0 Å². The van der Waals surface area contributed by atoms with Gasteiger partial charge in [0, 0.05) is 0 Å². The van der Waals surface area contributed by atoms with Crippen LogP contribution in [0, 0.1) is 20.8 Å². The molecule has 0 aromatic heterocycles. The van der Waals surface area contributed by atoms with Crippen molar-refractivity contribution in [2.24, 2.45) is 0 Å². The SMILES string of the molecule is Cc1ccc2ccc(C)c(C)c2c1. The molecule has 0 bridgehead atoms. The van der Waals surface area contributed by atoms with E-state index in [1.54, 1.807) is 0 Å². The van der Waals surface area contributed by atoms with Gasteiger partial charge in [0.25, 0.3) is 0 Å². The molecule has 0 saturated carbocycles. The fourth-order valence-electron chi connectivity index (χ4n) is 1.69. The van der Waals surface area contributed by atoms with E-state index in [0.29, 0.717) is 0 Å². The summed E-state index contributed by atoms with van der Waals surface area (Å²) in [6.45, 7) is 6.50. The second-order valence-electron chi connectivity index (χ2n) is 3.73. The first-order chi connectivity index (χ1) is 6.18. The standard InChI is InChI=1S/C13H14/c1-9-4-6-12-7-5-10(2)11(3)13(12)8-9/h4-8H,1-3H3. The summed E-state index contributed by atoms with van der Waals surface area (Å²) in [4.78, 5) is 0. The third-order valence-electron chi connectivity index (χ3n) is 2.72. The second-order valence-corrected chi connectivity index (χ2v) is 3.73. The van der Waals surface area contributed by atoms with Crippen molar-refractivity contribution in [1.82, 2.24) is 0 Å². The molecule has 0 amide bonds. The predicted octanol–water partition coefficient (Wildman–Crippen LogP) is 3.77. The third-order valence-corrected chi connectivity index (χ3v) is 2.72. The van der Waals surface area contributed by atoms with E-state index < -0.39 is 0 Å². The summed E-state index contributed by atoms with van der Waals surface area (Å²) in [6.07, 6.45) is 0. The molecule has 0 unspecified atom stereocenters. The molecule has 0 aliphatic rings. The van der Waals surface area contributed by atoms with Gasteiger partial charge in [-0.2, -0.15) is 0 Å². The Morgan fingerprint density at radius 2 is 1.54 bits per heavy atom. The molecule has 13 heavy (non-hydrogen) atoms. The molecular weight excluding hydrogens is 156 g/mol. The van der Waals surface area contributed by atoms with Crippen molar-refractivity contribution in [3.63, 3.8) is 0 Å². The lowest BCUT2D eigenvalue weighted by molar-refractivity contribution is 1.37. The molecule has 0 heterocycles. The predicted molar refractivity (Wildman–Crippen MR) is 58.2 cm³/mol. The maximum absolute atomic E-state index is 2.26. The van der Waals surface area contributed by atoms with Crippen molar-refractivity contribution in [3.8, 4) is 0 Å². The second kappa shape index (κ2) is 2.88. The van der Waals surface area contributed by atoms with Crippen molar-refractivity contribution >= 4 is 10.8 Å². The highest BCUT2D eigenvalue weighted by Crippen LogP contribution is 2.22. The Kier molecular flexibility index (Phi) is 1.84. The molecule has 0 atom stereocenters. The van der Waals surface area contributed by atoms with Gasteiger partial charge in [-0.15, -0.1) is 0 Å².